The van der Waals surface area contributed by atoms with Crippen molar-refractivity contribution in [3.8, 4) is 11.4 Å². The van der Waals surface area contributed by atoms with Gasteiger partial charge in [-0.3, -0.25) is 4.90 Å². The molecule has 0 unspecified atom stereocenters. The maximum atomic E-state index is 12.7. The van der Waals surface area contributed by atoms with E-state index < -0.39 is 10.0 Å². The Kier molecular flexibility index (Phi) is 5.01. The Bertz CT molecular complexity index is 1050. The smallest absolute Gasteiger partial charge is 0.244 e. The molecule has 146 valence electrons. The number of aryl methyl sites for hydroxylation is 1. The van der Waals surface area contributed by atoms with Gasteiger partial charge in [0.25, 0.3) is 0 Å². The molecule has 28 heavy (non-hydrogen) atoms. The molecule has 2 aromatic carbocycles. The lowest BCUT2D eigenvalue weighted by Crippen LogP contribution is -2.36. The number of hydrogen-bond donors (Lipinski definition) is 1. The Hall–Kier alpha value is -2.55. The molecule has 8 heteroatoms. The van der Waals surface area contributed by atoms with Crippen LogP contribution in [0, 0.1) is 6.92 Å². The number of nitrogens with zero attached hydrogens (tertiary/aromatic N) is 3. The summed E-state index contributed by atoms with van der Waals surface area (Å²) in [5.74, 6) is 1.03. The number of benzene rings is 2. The van der Waals surface area contributed by atoms with Crippen molar-refractivity contribution in [3.63, 3.8) is 0 Å². The Morgan fingerprint density at radius 2 is 1.82 bits per heavy atom. The molecule has 0 saturated carbocycles. The molecule has 1 fully saturated rings. The van der Waals surface area contributed by atoms with Crippen LogP contribution in [0.1, 0.15) is 23.9 Å². The number of rotatable bonds is 5. The minimum absolute atomic E-state index is 0.129. The van der Waals surface area contributed by atoms with E-state index in [0.29, 0.717) is 24.7 Å². The maximum Gasteiger partial charge on any atom is 0.244 e. The normalized spacial score (nSPS) is 20.5. The van der Waals surface area contributed by atoms with Crippen LogP contribution in [-0.2, 0) is 10.0 Å². The molecule has 0 aliphatic carbocycles. The third kappa shape index (κ3) is 3.84. The van der Waals surface area contributed by atoms with Crippen LogP contribution in [0.25, 0.3) is 11.4 Å². The first-order chi connectivity index (χ1) is 13.4. The average Bonchev–Trinajstić information content (AvgIpc) is 3.29. The van der Waals surface area contributed by atoms with Crippen molar-refractivity contribution >= 4 is 10.0 Å². The standard InChI is InChI=1S/C20H22N4O3S/c1-14-8-10-17(11-9-14)28(25,26)23-16-12-18(24(2)13-16)20-21-19(22-27-20)15-6-4-3-5-7-15/h3-11,16,18,23H,12-13H2,1-2H3/t16-,18-/m0/s1. The van der Waals surface area contributed by atoms with Gasteiger partial charge >= 0.3 is 0 Å². The van der Waals surface area contributed by atoms with Gasteiger partial charge in [0, 0.05) is 18.2 Å². The molecule has 1 saturated heterocycles. The highest BCUT2D eigenvalue weighted by atomic mass is 32.2. The summed E-state index contributed by atoms with van der Waals surface area (Å²) >= 11 is 0. The van der Waals surface area contributed by atoms with Gasteiger partial charge in [0.1, 0.15) is 0 Å². The van der Waals surface area contributed by atoms with E-state index in [2.05, 4.69) is 14.9 Å². The molecule has 0 spiro atoms. The van der Waals surface area contributed by atoms with Crippen LogP contribution in [0.5, 0.6) is 0 Å². The fourth-order valence-electron chi connectivity index (χ4n) is 3.45. The van der Waals surface area contributed by atoms with Crippen LogP contribution < -0.4 is 4.72 Å². The van der Waals surface area contributed by atoms with Gasteiger partial charge in [-0.15, -0.1) is 0 Å². The van der Waals surface area contributed by atoms with Crippen LogP contribution >= 0.6 is 0 Å². The lowest BCUT2D eigenvalue weighted by atomic mass is 10.2. The van der Waals surface area contributed by atoms with Gasteiger partial charge in [-0.25, -0.2) is 13.1 Å². The van der Waals surface area contributed by atoms with E-state index in [1.54, 1.807) is 24.3 Å². The zero-order valence-electron chi connectivity index (χ0n) is 15.7. The van der Waals surface area contributed by atoms with Crippen molar-refractivity contribution in [3.05, 3.63) is 66.1 Å². The quantitative estimate of drug-likeness (QED) is 0.711. The number of hydrogen-bond acceptors (Lipinski definition) is 6. The second-order valence-electron chi connectivity index (χ2n) is 7.14. The molecule has 4 rings (SSSR count). The van der Waals surface area contributed by atoms with Crippen molar-refractivity contribution in [2.75, 3.05) is 13.6 Å². The minimum atomic E-state index is -3.57. The molecule has 1 aliphatic heterocycles. The summed E-state index contributed by atoms with van der Waals surface area (Å²) in [6.07, 6.45) is 0.567. The number of nitrogens with one attached hydrogen (secondary N) is 1. The number of sulfonamides is 1. The monoisotopic (exact) mass is 398 g/mol. The van der Waals surface area contributed by atoms with Crippen LogP contribution in [0.3, 0.4) is 0 Å². The fourth-order valence-corrected chi connectivity index (χ4v) is 4.69. The van der Waals surface area contributed by atoms with E-state index in [9.17, 15) is 8.42 Å². The van der Waals surface area contributed by atoms with Crippen molar-refractivity contribution in [1.29, 1.82) is 0 Å². The maximum absolute atomic E-state index is 12.7. The summed E-state index contributed by atoms with van der Waals surface area (Å²) in [6.45, 7) is 2.49. The van der Waals surface area contributed by atoms with E-state index in [-0.39, 0.29) is 17.0 Å². The number of aromatic nitrogens is 2. The lowest BCUT2D eigenvalue weighted by molar-refractivity contribution is 0.244. The summed E-state index contributed by atoms with van der Waals surface area (Å²) in [4.78, 5) is 6.82. The third-order valence-electron chi connectivity index (χ3n) is 4.96. The second-order valence-corrected chi connectivity index (χ2v) is 8.86. The van der Waals surface area contributed by atoms with Gasteiger partial charge in [0.05, 0.1) is 10.9 Å². The van der Waals surface area contributed by atoms with Gasteiger partial charge in [0.2, 0.25) is 21.7 Å². The predicted octanol–water partition coefficient (Wildman–Crippen LogP) is 2.77. The first kappa shape index (κ1) is 18.8. The zero-order valence-corrected chi connectivity index (χ0v) is 16.6. The van der Waals surface area contributed by atoms with Gasteiger partial charge in [-0.05, 0) is 32.5 Å². The summed E-state index contributed by atoms with van der Waals surface area (Å²) in [5.41, 5.74) is 1.90. The minimum Gasteiger partial charge on any atom is -0.337 e. The Labute approximate surface area is 164 Å². The summed E-state index contributed by atoms with van der Waals surface area (Å²) in [5, 5.41) is 4.07. The van der Waals surface area contributed by atoms with Gasteiger partial charge in [0.15, 0.2) is 0 Å². The van der Waals surface area contributed by atoms with Gasteiger partial charge in [-0.2, -0.15) is 4.98 Å². The molecule has 0 bridgehead atoms. The molecular weight excluding hydrogens is 376 g/mol. The molecular formula is C20H22N4O3S. The lowest BCUT2D eigenvalue weighted by Gasteiger charge is -2.14. The largest absolute Gasteiger partial charge is 0.337 e. The van der Waals surface area contributed by atoms with Gasteiger partial charge < -0.3 is 4.52 Å². The summed E-state index contributed by atoms with van der Waals surface area (Å²) in [7, 11) is -1.64. The van der Waals surface area contributed by atoms with Crippen LogP contribution in [0.2, 0.25) is 0 Å². The SMILES string of the molecule is Cc1ccc(S(=O)(=O)N[C@H]2C[C@@H](c3nc(-c4ccccc4)no3)N(C)C2)cc1. The van der Waals surface area contributed by atoms with E-state index in [1.807, 2.05) is 49.2 Å². The Morgan fingerprint density at radius 1 is 1.11 bits per heavy atom. The molecule has 1 N–H and O–H groups in total. The highest BCUT2D eigenvalue weighted by molar-refractivity contribution is 7.89. The van der Waals surface area contributed by atoms with Crippen molar-refractivity contribution in [2.45, 2.75) is 30.3 Å². The predicted molar refractivity (Wildman–Crippen MR) is 105 cm³/mol. The third-order valence-corrected chi connectivity index (χ3v) is 6.50. The Morgan fingerprint density at radius 3 is 2.54 bits per heavy atom. The van der Waals surface area contributed by atoms with Crippen LogP contribution in [-0.4, -0.2) is 43.1 Å². The molecule has 2 heterocycles. The van der Waals surface area contributed by atoms with E-state index in [0.717, 1.165) is 11.1 Å². The molecule has 7 nitrogen and oxygen atoms in total. The topological polar surface area (TPSA) is 88.3 Å². The van der Waals surface area contributed by atoms with Crippen LogP contribution in [0.4, 0.5) is 0 Å². The van der Waals surface area contributed by atoms with E-state index >= 15 is 0 Å². The number of likely N-dealkylation sites (N-methyl/N-ethyl adjacent to an activating group) is 1. The highest BCUT2D eigenvalue weighted by Gasteiger charge is 2.36. The van der Waals surface area contributed by atoms with Crippen molar-refractivity contribution in [2.24, 2.45) is 0 Å². The second kappa shape index (κ2) is 7.46. The van der Waals surface area contributed by atoms with Crippen LogP contribution in [0.15, 0.2) is 64.0 Å². The van der Waals surface area contributed by atoms with Crippen molar-refractivity contribution < 1.29 is 12.9 Å². The average molecular weight is 398 g/mol. The first-order valence-corrected chi connectivity index (χ1v) is 10.6. The summed E-state index contributed by atoms with van der Waals surface area (Å²) < 4.78 is 33.6. The molecule has 2 atom stereocenters. The molecule has 1 aromatic heterocycles. The highest BCUT2D eigenvalue weighted by Crippen LogP contribution is 2.31. The van der Waals surface area contributed by atoms with Gasteiger partial charge in [-0.1, -0.05) is 53.2 Å². The molecule has 0 radical (unpaired) electrons. The van der Waals surface area contributed by atoms with Crippen molar-refractivity contribution in [1.82, 2.24) is 19.8 Å². The zero-order chi connectivity index (χ0) is 19.7. The fraction of sp³-hybridized carbons (Fsp3) is 0.300. The molecule has 3 aromatic rings. The van der Waals surface area contributed by atoms with E-state index in [4.69, 9.17) is 4.52 Å². The molecule has 0 amide bonds. The summed E-state index contributed by atoms with van der Waals surface area (Å²) in [6, 6.07) is 16.1. The van der Waals surface area contributed by atoms with E-state index in [1.165, 1.54) is 0 Å². The molecule has 1 aliphatic rings. The Balaban J connectivity index is 1.48. The number of likely N-dealkylation sites (tertiary alicyclic amines) is 1. The first-order valence-electron chi connectivity index (χ1n) is 9.10.